The van der Waals surface area contributed by atoms with Gasteiger partial charge in [-0.15, -0.1) is 0 Å². The maximum Gasteiger partial charge on any atom is 0.337 e. The number of alkyl halides is 1. The molecule has 29 heavy (non-hydrogen) atoms. The Balaban J connectivity index is 0.000000505. The Hall–Kier alpha value is -3.23. The molecule has 0 unspecified atom stereocenters. The number of esters is 2. The number of halogens is 3. The highest BCUT2D eigenvalue weighted by atomic mass is 19.1. The van der Waals surface area contributed by atoms with Gasteiger partial charge in [-0.25, -0.2) is 18.4 Å². The average Bonchev–Trinajstić information content (AvgIpc) is 2.71. The fourth-order valence-electron chi connectivity index (χ4n) is 1.85. The summed E-state index contributed by atoms with van der Waals surface area (Å²) in [5, 5.41) is 8.77. The van der Waals surface area contributed by atoms with Gasteiger partial charge in [-0.2, -0.15) is 0 Å². The largest absolute Gasteiger partial charge is 0.505 e. The van der Waals surface area contributed by atoms with Crippen LogP contribution in [-0.2, 0) is 9.47 Å². The van der Waals surface area contributed by atoms with Crippen LogP contribution in [0.25, 0.3) is 0 Å². The first-order chi connectivity index (χ1) is 14.1. The van der Waals surface area contributed by atoms with E-state index >= 15 is 0 Å². The van der Waals surface area contributed by atoms with Gasteiger partial charge < -0.3 is 19.3 Å². The van der Waals surface area contributed by atoms with Crippen molar-refractivity contribution >= 4 is 11.9 Å². The number of carbonyl (C=O) groups excluding carboxylic acids is 2. The zero-order chi connectivity index (χ0) is 23.3. The van der Waals surface area contributed by atoms with E-state index in [2.05, 4.69) is 9.47 Å². The molecule has 0 saturated heterocycles. The van der Waals surface area contributed by atoms with Gasteiger partial charge in [-0.3, -0.25) is 4.39 Å². The van der Waals surface area contributed by atoms with Crippen LogP contribution in [-0.4, -0.2) is 44.5 Å². The SMILES string of the molecule is COC(=O)c1ccc(O)c(F)c1.COC(=O)c1ccc(OC(C)C)c(F)c1.[2H]CF. The van der Waals surface area contributed by atoms with Crippen LogP contribution in [0.2, 0.25) is 0 Å². The lowest BCUT2D eigenvalue weighted by Gasteiger charge is -2.10. The molecule has 0 fully saturated rings. The number of benzene rings is 2. The molecule has 0 spiro atoms. The number of aromatic hydroxyl groups is 1. The maximum atomic E-state index is 13.4. The lowest BCUT2D eigenvalue weighted by atomic mass is 10.2. The normalized spacial score (nSPS) is 9.86. The first-order valence-corrected chi connectivity index (χ1v) is 8.07. The number of carbonyl (C=O) groups is 2. The Morgan fingerprint density at radius 3 is 1.79 bits per heavy atom. The molecule has 0 aliphatic carbocycles. The van der Waals surface area contributed by atoms with E-state index in [-0.39, 0.29) is 23.0 Å². The Kier molecular flexibility index (Phi) is 10.7. The molecular formula is C20H23F3O6. The van der Waals surface area contributed by atoms with Crippen molar-refractivity contribution in [2.24, 2.45) is 0 Å². The van der Waals surface area contributed by atoms with Crippen molar-refractivity contribution in [3.05, 3.63) is 59.2 Å². The first-order valence-electron chi connectivity index (χ1n) is 8.78. The van der Waals surface area contributed by atoms with Crippen molar-refractivity contribution in [2.45, 2.75) is 20.0 Å². The third-order valence-corrected chi connectivity index (χ3v) is 3.08. The summed E-state index contributed by atoms with van der Waals surface area (Å²) >= 11 is 0. The fraction of sp³-hybridized carbons (Fsp3) is 0.300. The standard InChI is InChI=1S/C11H13FO3.C8H7FO3.CH3F/c1-7(2)15-10-5-4-8(6-9(10)12)11(13)14-3;1-12-8(11)5-2-3-7(10)6(9)4-5;1-2/h4-7H,1-3H3;2-4,10H,1H3;1H3/i;;1D. The van der Waals surface area contributed by atoms with Gasteiger partial charge >= 0.3 is 11.9 Å². The summed E-state index contributed by atoms with van der Waals surface area (Å²) in [5.41, 5.74) is 0.249. The number of rotatable bonds is 4. The Morgan fingerprint density at radius 2 is 1.41 bits per heavy atom. The van der Waals surface area contributed by atoms with Gasteiger partial charge in [0.25, 0.3) is 0 Å². The number of phenols is 1. The highest BCUT2D eigenvalue weighted by Crippen LogP contribution is 2.20. The van der Waals surface area contributed by atoms with Crippen LogP contribution < -0.4 is 4.74 Å². The molecule has 2 rings (SSSR count). The van der Waals surface area contributed by atoms with Crippen LogP contribution >= 0.6 is 0 Å². The molecule has 0 bridgehead atoms. The lowest BCUT2D eigenvalue weighted by molar-refractivity contribution is 0.0591. The number of ether oxygens (including phenoxy) is 3. The summed E-state index contributed by atoms with van der Waals surface area (Å²) in [7, 11) is 1.45. The van der Waals surface area contributed by atoms with Crippen LogP contribution in [0.1, 0.15) is 35.9 Å². The second kappa shape index (κ2) is 13.0. The molecule has 0 aliphatic heterocycles. The minimum atomic E-state index is -1.00. The van der Waals surface area contributed by atoms with Crippen LogP contribution in [0.15, 0.2) is 36.4 Å². The molecule has 0 amide bonds. The molecule has 0 aliphatic rings. The summed E-state index contributed by atoms with van der Waals surface area (Å²) in [6.45, 7) is 3.60. The molecule has 0 radical (unpaired) electrons. The predicted molar refractivity (Wildman–Crippen MR) is 99.9 cm³/mol. The lowest BCUT2D eigenvalue weighted by Crippen LogP contribution is -2.08. The van der Waals surface area contributed by atoms with Crippen molar-refractivity contribution < 1.29 is 43.4 Å². The van der Waals surface area contributed by atoms with E-state index in [1.165, 1.54) is 32.4 Å². The quantitative estimate of drug-likeness (QED) is 0.747. The van der Waals surface area contributed by atoms with E-state index < -0.39 is 36.5 Å². The smallest absolute Gasteiger partial charge is 0.337 e. The summed E-state index contributed by atoms with van der Waals surface area (Å²) in [5.74, 6) is -2.94. The highest BCUT2D eigenvalue weighted by Gasteiger charge is 2.11. The summed E-state index contributed by atoms with van der Waals surface area (Å²) in [6.07, 6.45) is -0.108. The Labute approximate surface area is 168 Å². The van der Waals surface area contributed by atoms with Crippen molar-refractivity contribution in [1.82, 2.24) is 0 Å². The van der Waals surface area contributed by atoms with Gasteiger partial charge in [0, 0.05) is 0 Å². The van der Waals surface area contributed by atoms with Gasteiger partial charge in [0.15, 0.2) is 23.1 Å². The Bertz CT molecular complexity index is 830. The van der Waals surface area contributed by atoms with E-state index in [0.29, 0.717) is 0 Å². The zero-order valence-corrected chi connectivity index (χ0v) is 16.4. The molecular weight excluding hydrogens is 393 g/mol. The fourth-order valence-corrected chi connectivity index (χ4v) is 1.85. The van der Waals surface area contributed by atoms with Crippen LogP contribution in [0.5, 0.6) is 11.5 Å². The molecule has 0 heterocycles. The molecule has 0 atom stereocenters. The second-order valence-electron chi connectivity index (χ2n) is 5.46. The third-order valence-electron chi connectivity index (χ3n) is 3.08. The summed E-state index contributed by atoms with van der Waals surface area (Å²) in [4.78, 5) is 21.9. The summed E-state index contributed by atoms with van der Waals surface area (Å²) < 4.78 is 55.5. The minimum absolute atomic E-state index is 0.0767. The van der Waals surface area contributed by atoms with Gasteiger partial charge in [0.05, 0.1) is 40.0 Å². The topological polar surface area (TPSA) is 82.1 Å². The van der Waals surface area contributed by atoms with Crippen molar-refractivity contribution in [3.63, 3.8) is 0 Å². The molecule has 0 aromatic heterocycles. The Morgan fingerprint density at radius 1 is 0.966 bits per heavy atom. The van der Waals surface area contributed by atoms with Crippen LogP contribution in [0.4, 0.5) is 13.2 Å². The van der Waals surface area contributed by atoms with E-state index in [9.17, 15) is 22.8 Å². The van der Waals surface area contributed by atoms with E-state index in [1.807, 2.05) is 0 Å². The molecule has 1 N–H and O–H groups in total. The highest BCUT2D eigenvalue weighted by molar-refractivity contribution is 5.89. The zero-order valence-electron chi connectivity index (χ0n) is 17.4. The maximum absolute atomic E-state index is 13.4. The predicted octanol–water partition coefficient (Wildman–Crippen LogP) is 4.30. The van der Waals surface area contributed by atoms with Gasteiger partial charge in [-0.1, -0.05) is 0 Å². The number of phenolic OH excluding ortho intramolecular Hbond substituents is 1. The minimum Gasteiger partial charge on any atom is -0.505 e. The van der Waals surface area contributed by atoms with E-state index in [1.54, 1.807) is 13.8 Å². The number of hydrogen-bond donors (Lipinski definition) is 1. The van der Waals surface area contributed by atoms with Crippen LogP contribution in [0, 0.1) is 11.6 Å². The molecule has 160 valence electrons. The molecule has 2 aromatic carbocycles. The molecule has 0 saturated carbocycles. The summed E-state index contributed by atoms with van der Waals surface area (Å²) in [6, 6.07) is 7.28. The van der Waals surface area contributed by atoms with E-state index in [4.69, 9.17) is 11.2 Å². The van der Waals surface area contributed by atoms with Crippen molar-refractivity contribution in [3.8, 4) is 11.5 Å². The van der Waals surface area contributed by atoms with Crippen molar-refractivity contribution in [1.29, 1.82) is 0 Å². The monoisotopic (exact) mass is 417 g/mol. The van der Waals surface area contributed by atoms with E-state index in [0.717, 1.165) is 18.2 Å². The number of methoxy groups -OCH3 is 2. The van der Waals surface area contributed by atoms with Crippen LogP contribution in [0.3, 0.4) is 0 Å². The average molecular weight is 417 g/mol. The second-order valence-corrected chi connectivity index (χ2v) is 5.46. The van der Waals surface area contributed by atoms with Gasteiger partial charge in [0.1, 0.15) is 0 Å². The molecule has 9 heteroatoms. The molecule has 6 nitrogen and oxygen atoms in total. The first kappa shape index (κ1) is 23.8. The van der Waals surface area contributed by atoms with Gasteiger partial charge in [-0.05, 0) is 50.2 Å². The van der Waals surface area contributed by atoms with Crippen molar-refractivity contribution in [2.75, 3.05) is 21.4 Å². The molecule has 2 aromatic rings. The third kappa shape index (κ3) is 8.54. The van der Waals surface area contributed by atoms with Gasteiger partial charge in [0.2, 0.25) is 0 Å². The number of hydrogen-bond acceptors (Lipinski definition) is 6.